The van der Waals surface area contributed by atoms with E-state index in [1.165, 1.54) is 0 Å². The van der Waals surface area contributed by atoms with E-state index in [1.54, 1.807) is 12.4 Å². The SMILES string of the molecule is O=C(CNC(=O)[C@H](Cc1c[nH]c2ccccc12)NC(=O)[C@H](Cc1c[nH]c2ccccc12)NC(=O)CNC(=O)[C@H](Cc1ccccc1)NC(=O)CCCCCCCNI)N[C@@H](CS)C(=O)O. The van der Waals surface area contributed by atoms with Gasteiger partial charge in [0.2, 0.25) is 35.4 Å². The van der Waals surface area contributed by atoms with Gasteiger partial charge in [-0.3, -0.25) is 32.3 Å². The topological polar surface area (TPSA) is 256 Å². The van der Waals surface area contributed by atoms with Crippen molar-refractivity contribution in [2.45, 2.75) is 82.0 Å². The lowest BCUT2D eigenvalue weighted by molar-refractivity contribution is -0.141. The quantitative estimate of drug-likeness (QED) is 0.0160. The predicted molar refractivity (Wildman–Crippen MR) is 259 cm³/mol. The Kier molecular flexibility index (Phi) is 20.1. The van der Waals surface area contributed by atoms with Crippen LogP contribution in [0.5, 0.6) is 0 Å². The van der Waals surface area contributed by atoms with Gasteiger partial charge < -0.3 is 47.0 Å². The number of fused-ring (bicyclic) bond motifs is 2. The van der Waals surface area contributed by atoms with E-state index >= 15 is 0 Å². The number of para-hydroxylation sites is 2. The van der Waals surface area contributed by atoms with Gasteiger partial charge in [0.15, 0.2) is 0 Å². The third-order valence-corrected chi connectivity index (χ3v) is 11.7. The second kappa shape index (κ2) is 26.1. The second-order valence-electron chi connectivity index (χ2n) is 15.6. The van der Waals surface area contributed by atoms with Gasteiger partial charge in [0.1, 0.15) is 24.2 Å². The van der Waals surface area contributed by atoms with Crippen molar-refractivity contribution in [1.82, 2.24) is 45.4 Å². The highest BCUT2D eigenvalue weighted by atomic mass is 127. The number of H-pyrrole nitrogens is 2. The van der Waals surface area contributed by atoms with Gasteiger partial charge in [-0.25, -0.2) is 4.79 Å². The molecule has 0 bridgehead atoms. The minimum absolute atomic E-state index is 0.0124. The number of carboxylic acid groups (broad SMARTS) is 1. The van der Waals surface area contributed by atoms with Crippen LogP contribution in [0.4, 0.5) is 0 Å². The van der Waals surface area contributed by atoms with Gasteiger partial charge >= 0.3 is 5.97 Å². The van der Waals surface area contributed by atoms with E-state index in [2.05, 4.69) is 80.9 Å². The zero-order valence-electron chi connectivity index (χ0n) is 35.8. The molecule has 0 saturated heterocycles. The van der Waals surface area contributed by atoms with E-state index in [0.717, 1.165) is 59.6 Å². The van der Waals surface area contributed by atoms with Gasteiger partial charge in [-0.15, -0.1) is 0 Å². The average molecular weight is 1020 g/mol. The third kappa shape index (κ3) is 15.9. The van der Waals surface area contributed by atoms with E-state index in [4.69, 9.17) is 0 Å². The number of hydrogen-bond donors (Lipinski definition) is 11. The molecule has 4 atom stereocenters. The van der Waals surface area contributed by atoms with Crippen molar-refractivity contribution in [2.75, 3.05) is 25.4 Å². The maximum atomic E-state index is 14.4. The summed E-state index contributed by atoms with van der Waals surface area (Å²) >= 11 is 6.08. The van der Waals surface area contributed by atoms with E-state index in [-0.39, 0.29) is 37.3 Å². The number of nitrogens with one attached hydrogen (secondary N) is 9. The molecule has 2 aromatic heterocycles. The second-order valence-corrected chi connectivity index (χ2v) is 16.7. The summed E-state index contributed by atoms with van der Waals surface area (Å²) in [5.74, 6) is -5.27. The summed E-state index contributed by atoms with van der Waals surface area (Å²) in [5.41, 5.74) is 3.78. The molecule has 0 aliphatic rings. The summed E-state index contributed by atoms with van der Waals surface area (Å²) in [7, 11) is 0. The van der Waals surface area contributed by atoms with Gasteiger partial charge in [0.05, 0.1) is 13.1 Å². The number of carboxylic acids is 1. The first-order chi connectivity index (χ1) is 31.4. The fraction of sp³-hybridized carbons (Fsp3) is 0.370. The first kappa shape index (κ1) is 50.1. The fourth-order valence-corrected chi connectivity index (χ4v) is 7.95. The van der Waals surface area contributed by atoms with Crippen molar-refractivity contribution in [1.29, 1.82) is 0 Å². The number of aromatic amines is 2. The van der Waals surface area contributed by atoms with Crippen LogP contribution < -0.4 is 35.4 Å². The minimum Gasteiger partial charge on any atom is -0.480 e. The molecular formula is C46H56IN9O8S. The molecule has 0 aliphatic heterocycles. The van der Waals surface area contributed by atoms with Crippen molar-refractivity contribution in [3.63, 3.8) is 0 Å². The Labute approximate surface area is 396 Å². The highest BCUT2D eigenvalue weighted by molar-refractivity contribution is 14.1. The molecule has 65 heavy (non-hydrogen) atoms. The van der Waals surface area contributed by atoms with Crippen LogP contribution in [0.25, 0.3) is 21.8 Å². The summed E-state index contributed by atoms with van der Waals surface area (Å²) in [6.45, 7) is -0.185. The minimum atomic E-state index is -1.29. The Balaban J connectivity index is 1.30. The molecule has 10 N–H and O–H groups in total. The number of carbonyl (C=O) groups is 7. The third-order valence-electron chi connectivity index (χ3n) is 10.8. The molecule has 19 heteroatoms. The lowest BCUT2D eigenvalue weighted by atomic mass is 10.0. The van der Waals surface area contributed by atoms with E-state index < -0.39 is 72.8 Å². The molecule has 0 radical (unpaired) electrons. The Morgan fingerprint density at radius 1 is 0.554 bits per heavy atom. The number of benzene rings is 3. The van der Waals surface area contributed by atoms with E-state index in [9.17, 15) is 38.7 Å². The number of carbonyl (C=O) groups excluding carboxylic acids is 6. The van der Waals surface area contributed by atoms with Crippen molar-refractivity contribution in [3.05, 3.63) is 108 Å². The number of thiol groups is 1. The number of rotatable bonds is 27. The van der Waals surface area contributed by atoms with Crippen LogP contribution in [-0.4, -0.2) is 106 Å². The molecule has 346 valence electrons. The summed E-state index contributed by atoms with van der Waals surface area (Å²) in [6.07, 6.45) is 8.51. The first-order valence-electron chi connectivity index (χ1n) is 21.5. The molecule has 0 saturated carbocycles. The van der Waals surface area contributed by atoms with Crippen molar-refractivity contribution < 1.29 is 38.7 Å². The smallest absolute Gasteiger partial charge is 0.327 e. The molecule has 17 nitrogen and oxygen atoms in total. The molecule has 2 heterocycles. The van der Waals surface area contributed by atoms with E-state index in [0.29, 0.717) is 17.5 Å². The standard InChI is InChI=1S/C46H56IN9O8S/c47-52-20-12-3-1-2-7-19-40(57)53-36(21-29-13-5-4-6-14-29)43(60)50-26-41(58)54-38(23-31-25-49-35-18-11-9-16-33(31)35)45(62)56-37(22-30-24-48-34-17-10-8-15-32(30)34)44(61)51-27-42(59)55-39(28-65)46(63)64/h4-6,8-11,13-18,24-25,36-39,48-49,52,65H,1-3,7,12,19-23,26-28H2,(H,50,60)(H,51,61)(H,53,57)(H,54,58)(H,55,59)(H,56,62)(H,63,64)/t36-,37-,38-,39-/m0/s1. The predicted octanol–water partition coefficient (Wildman–Crippen LogP) is 3.14. The Bertz CT molecular complexity index is 2390. The van der Waals surface area contributed by atoms with Crippen molar-refractivity contribution in [2.24, 2.45) is 0 Å². The largest absolute Gasteiger partial charge is 0.480 e. The van der Waals surface area contributed by atoms with Gasteiger partial charge in [-0.1, -0.05) is 86.0 Å². The molecule has 5 rings (SSSR count). The lowest BCUT2D eigenvalue weighted by Crippen LogP contribution is -2.57. The molecule has 5 aromatic rings. The summed E-state index contributed by atoms with van der Waals surface area (Å²) in [5, 5.41) is 26.7. The van der Waals surface area contributed by atoms with Crippen LogP contribution in [0.3, 0.4) is 0 Å². The van der Waals surface area contributed by atoms with Crippen LogP contribution in [0.1, 0.15) is 55.2 Å². The zero-order valence-corrected chi connectivity index (χ0v) is 38.8. The molecule has 0 aliphatic carbocycles. The van der Waals surface area contributed by atoms with Crippen LogP contribution >= 0.6 is 35.5 Å². The number of hydrogen-bond acceptors (Lipinski definition) is 9. The fourth-order valence-electron chi connectivity index (χ4n) is 7.32. The van der Waals surface area contributed by atoms with Gasteiger partial charge in [-0.2, -0.15) is 12.6 Å². The number of unbranched alkanes of at least 4 members (excludes halogenated alkanes) is 4. The van der Waals surface area contributed by atoms with E-state index in [1.807, 2.05) is 78.9 Å². The molecule has 0 fully saturated rings. The summed E-state index contributed by atoms with van der Waals surface area (Å²) < 4.78 is 3.10. The lowest BCUT2D eigenvalue weighted by Gasteiger charge is -2.24. The highest BCUT2D eigenvalue weighted by Crippen LogP contribution is 2.21. The number of aromatic nitrogens is 2. The van der Waals surface area contributed by atoms with Gasteiger partial charge in [0.25, 0.3) is 0 Å². The number of halogens is 1. The Morgan fingerprint density at radius 3 is 1.58 bits per heavy atom. The first-order valence-corrected chi connectivity index (χ1v) is 23.2. The Morgan fingerprint density at radius 2 is 1.03 bits per heavy atom. The zero-order chi connectivity index (χ0) is 46.6. The van der Waals surface area contributed by atoms with Crippen molar-refractivity contribution >= 4 is 98.7 Å². The average Bonchev–Trinajstić information content (AvgIpc) is 3.92. The molecule has 0 unspecified atom stereocenters. The molecule has 6 amide bonds. The number of aliphatic carboxylic acids is 1. The Hall–Kier alpha value is -5.93. The normalized spacial score (nSPS) is 13.0. The van der Waals surface area contributed by atoms with Gasteiger partial charge in [-0.05, 0) is 41.7 Å². The maximum Gasteiger partial charge on any atom is 0.327 e. The molecule has 0 spiro atoms. The molecule has 3 aromatic carbocycles. The number of amides is 6. The van der Waals surface area contributed by atoms with Crippen LogP contribution in [0.15, 0.2) is 91.3 Å². The highest BCUT2D eigenvalue weighted by Gasteiger charge is 2.30. The monoisotopic (exact) mass is 1020 g/mol. The van der Waals surface area contributed by atoms with Crippen LogP contribution in [0.2, 0.25) is 0 Å². The van der Waals surface area contributed by atoms with Gasteiger partial charge in [0, 0.05) is 95.0 Å². The van der Waals surface area contributed by atoms with Crippen molar-refractivity contribution in [3.8, 4) is 0 Å². The summed E-state index contributed by atoms with van der Waals surface area (Å²) in [6, 6.07) is 19.2. The van der Waals surface area contributed by atoms with Crippen LogP contribution in [0, 0.1) is 0 Å². The maximum absolute atomic E-state index is 14.4. The summed E-state index contributed by atoms with van der Waals surface area (Å²) in [4.78, 5) is 99.0. The van der Waals surface area contributed by atoms with Crippen LogP contribution in [-0.2, 0) is 52.8 Å². The molecular weight excluding hydrogens is 966 g/mol.